The van der Waals surface area contributed by atoms with Crippen LogP contribution in [0.1, 0.15) is 18.4 Å². The number of nitrogen functional groups attached to an aromatic ring is 1. The van der Waals surface area contributed by atoms with E-state index in [2.05, 4.69) is 4.98 Å². The second-order valence-electron chi connectivity index (χ2n) is 8.27. The Balaban J connectivity index is 1.93. The molecule has 0 unspecified atom stereocenters. The van der Waals surface area contributed by atoms with Crippen LogP contribution in [-0.2, 0) is 0 Å². The molecule has 0 bridgehead atoms. The monoisotopic (exact) mass is 462 g/mol. The molecule has 0 amide bonds. The van der Waals surface area contributed by atoms with Crippen molar-refractivity contribution in [3.05, 3.63) is 47.8 Å². The van der Waals surface area contributed by atoms with Crippen LogP contribution in [0.4, 0.5) is 21.7 Å². The van der Waals surface area contributed by atoms with Gasteiger partial charge < -0.3 is 26.1 Å². The topological polar surface area (TPSA) is 143 Å². The average Bonchev–Trinajstić information content (AvgIpc) is 2.83. The maximum atomic E-state index is 14.6. The number of aromatic nitrogens is 2. The largest absolute Gasteiger partial charge is 0.480 e. The molecule has 0 atom stereocenters. The molecule has 34 heavy (non-hydrogen) atoms. The lowest BCUT2D eigenvalue weighted by atomic mass is 9.98. The Morgan fingerprint density at radius 2 is 1.85 bits per heavy atom. The normalized spacial score (nSPS) is 14.1. The lowest BCUT2D eigenvalue weighted by molar-refractivity contribution is 0.397. The average molecular weight is 463 g/mol. The fraction of sp³-hybridized carbons (Fsp3) is 0.292. The molecule has 1 aliphatic rings. The van der Waals surface area contributed by atoms with Gasteiger partial charge in [-0.05, 0) is 42.7 Å². The molecule has 0 saturated carbocycles. The summed E-state index contributed by atoms with van der Waals surface area (Å²) < 4.78 is 20.3. The van der Waals surface area contributed by atoms with Crippen molar-refractivity contribution in [3.8, 4) is 34.3 Å². The first-order valence-electron chi connectivity index (χ1n) is 10.9. The van der Waals surface area contributed by atoms with Crippen molar-refractivity contribution in [2.45, 2.75) is 18.9 Å². The third kappa shape index (κ3) is 4.44. The fourth-order valence-electron chi connectivity index (χ4n) is 4.07. The maximum absolute atomic E-state index is 14.6. The standard InChI is InChI=1S/C24H27FN8O/c1-32(29)20-6-5-14(12-19(20)28)21-22(15-3-4-16(13-26)18(25)11-15)30-24(31-23(21)34-2)33-9-7-17(27)8-10-33/h3-6,11-12,17H,7-10,27-29H2,1-2H3. The number of methoxy groups -OCH3 is 1. The van der Waals surface area contributed by atoms with Crippen LogP contribution in [-0.4, -0.2) is 43.3 Å². The molecule has 10 heteroatoms. The summed E-state index contributed by atoms with van der Waals surface area (Å²) in [6.07, 6.45) is 1.64. The van der Waals surface area contributed by atoms with Gasteiger partial charge in [-0.3, -0.25) is 0 Å². The van der Waals surface area contributed by atoms with Gasteiger partial charge in [0.1, 0.15) is 11.9 Å². The summed E-state index contributed by atoms with van der Waals surface area (Å²) in [5, 5.41) is 10.6. The molecule has 2 heterocycles. The molecule has 1 aliphatic heterocycles. The summed E-state index contributed by atoms with van der Waals surface area (Å²) in [4.78, 5) is 11.5. The molecular formula is C24H27FN8O. The Hall–Kier alpha value is -3.94. The molecule has 9 nitrogen and oxygen atoms in total. The van der Waals surface area contributed by atoms with Crippen molar-refractivity contribution in [1.82, 2.24) is 9.97 Å². The molecule has 0 radical (unpaired) electrons. The quantitative estimate of drug-likeness (QED) is 0.296. The van der Waals surface area contributed by atoms with E-state index in [9.17, 15) is 4.39 Å². The van der Waals surface area contributed by atoms with E-state index in [1.165, 1.54) is 24.3 Å². The number of benzene rings is 2. The van der Waals surface area contributed by atoms with Gasteiger partial charge in [-0.25, -0.2) is 15.2 Å². The van der Waals surface area contributed by atoms with Crippen LogP contribution in [0, 0.1) is 17.1 Å². The molecule has 0 spiro atoms. The van der Waals surface area contributed by atoms with Gasteiger partial charge in [0.25, 0.3) is 0 Å². The van der Waals surface area contributed by atoms with Gasteiger partial charge in [-0.2, -0.15) is 10.2 Å². The number of halogens is 1. The third-order valence-electron chi connectivity index (χ3n) is 5.94. The molecular weight excluding hydrogens is 435 g/mol. The molecule has 1 fully saturated rings. The molecule has 6 N–H and O–H groups in total. The van der Waals surface area contributed by atoms with E-state index < -0.39 is 5.82 Å². The molecule has 1 aromatic heterocycles. The van der Waals surface area contributed by atoms with Crippen LogP contribution in [0.3, 0.4) is 0 Å². The Labute approximate surface area is 197 Å². The number of rotatable bonds is 5. The minimum Gasteiger partial charge on any atom is -0.480 e. The summed E-state index contributed by atoms with van der Waals surface area (Å²) in [6.45, 7) is 1.41. The molecule has 1 saturated heterocycles. The number of nitrogens with zero attached hydrogens (tertiary/aromatic N) is 5. The van der Waals surface area contributed by atoms with E-state index in [4.69, 9.17) is 32.3 Å². The Morgan fingerprint density at radius 3 is 2.44 bits per heavy atom. The van der Waals surface area contributed by atoms with E-state index >= 15 is 0 Å². The van der Waals surface area contributed by atoms with Crippen molar-refractivity contribution in [3.63, 3.8) is 0 Å². The van der Waals surface area contributed by atoms with Crippen molar-refractivity contribution < 1.29 is 9.13 Å². The highest BCUT2D eigenvalue weighted by Gasteiger charge is 2.25. The summed E-state index contributed by atoms with van der Waals surface area (Å²) in [6, 6.07) is 11.8. The SMILES string of the molecule is COc1nc(N2CCC(N)CC2)nc(-c2ccc(C#N)c(F)c2)c1-c1ccc(N(C)N)c(N)c1. The predicted octanol–water partition coefficient (Wildman–Crippen LogP) is 2.65. The number of anilines is 3. The van der Waals surface area contributed by atoms with Crippen LogP contribution >= 0.6 is 0 Å². The zero-order valence-electron chi connectivity index (χ0n) is 19.1. The lowest BCUT2D eigenvalue weighted by Crippen LogP contribution is -2.40. The Morgan fingerprint density at radius 1 is 1.15 bits per heavy atom. The van der Waals surface area contributed by atoms with Crippen LogP contribution < -0.4 is 32.0 Å². The number of ether oxygens (including phenoxy) is 1. The van der Waals surface area contributed by atoms with E-state index in [1.807, 2.05) is 17.0 Å². The summed E-state index contributed by atoms with van der Waals surface area (Å²) in [7, 11) is 3.22. The second-order valence-corrected chi connectivity index (χ2v) is 8.27. The summed E-state index contributed by atoms with van der Waals surface area (Å²) in [5.74, 6) is 6.02. The first-order chi connectivity index (χ1) is 16.3. The minimum atomic E-state index is -0.631. The number of nitriles is 1. The number of hydrazine groups is 1. The van der Waals surface area contributed by atoms with Crippen LogP contribution in [0.2, 0.25) is 0 Å². The second kappa shape index (κ2) is 9.51. The number of hydrogen-bond acceptors (Lipinski definition) is 9. The zero-order chi connectivity index (χ0) is 24.4. The smallest absolute Gasteiger partial charge is 0.229 e. The first kappa shape index (κ1) is 23.2. The van der Waals surface area contributed by atoms with Crippen molar-refractivity contribution >= 4 is 17.3 Å². The molecule has 4 rings (SSSR count). The number of nitrogens with two attached hydrogens (primary N) is 3. The van der Waals surface area contributed by atoms with E-state index in [-0.39, 0.29) is 11.6 Å². The molecule has 2 aromatic carbocycles. The highest BCUT2D eigenvalue weighted by molar-refractivity contribution is 5.88. The molecule has 176 valence electrons. The lowest BCUT2D eigenvalue weighted by Gasteiger charge is -2.31. The van der Waals surface area contributed by atoms with Crippen LogP contribution in [0.5, 0.6) is 5.88 Å². The van der Waals surface area contributed by atoms with Gasteiger partial charge in [0.15, 0.2) is 0 Å². The van der Waals surface area contributed by atoms with Crippen LogP contribution in [0.25, 0.3) is 22.4 Å². The number of hydrogen-bond donors (Lipinski definition) is 3. The van der Waals surface area contributed by atoms with Crippen molar-refractivity contribution in [2.75, 3.05) is 42.9 Å². The van der Waals surface area contributed by atoms with Crippen molar-refractivity contribution in [1.29, 1.82) is 5.26 Å². The van der Waals surface area contributed by atoms with E-state index in [0.717, 1.165) is 12.8 Å². The van der Waals surface area contributed by atoms with Gasteiger partial charge in [0, 0.05) is 31.7 Å². The summed E-state index contributed by atoms with van der Waals surface area (Å²) in [5.41, 5.74) is 15.6. The maximum Gasteiger partial charge on any atom is 0.229 e. The van der Waals surface area contributed by atoms with E-state index in [1.54, 1.807) is 25.2 Å². The fourth-order valence-corrected chi connectivity index (χ4v) is 4.07. The Bertz CT molecular complexity index is 1250. The summed E-state index contributed by atoms with van der Waals surface area (Å²) >= 11 is 0. The highest BCUT2D eigenvalue weighted by Crippen LogP contribution is 2.40. The molecule has 3 aromatic rings. The zero-order valence-corrected chi connectivity index (χ0v) is 19.1. The van der Waals surface area contributed by atoms with Gasteiger partial charge >= 0.3 is 0 Å². The number of piperidine rings is 1. The van der Waals surface area contributed by atoms with Gasteiger partial charge in [-0.15, -0.1) is 0 Å². The van der Waals surface area contributed by atoms with Gasteiger partial charge in [-0.1, -0.05) is 12.1 Å². The first-order valence-corrected chi connectivity index (χ1v) is 10.9. The highest BCUT2D eigenvalue weighted by atomic mass is 19.1. The van der Waals surface area contributed by atoms with Crippen LogP contribution in [0.15, 0.2) is 36.4 Å². The predicted molar refractivity (Wildman–Crippen MR) is 131 cm³/mol. The van der Waals surface area contributed by atoms with Gasteiger partial charge in [0.05, 0.1) is 35.3 Å². The van der Waals surface area contributed by atoms with E-state index in [0.29, 0.717) is 58.7 Å². The molecule has 0 aliphatic carbocycles. The Kier molecular flexibility index (Phi) is 6.49. The van der Waals surface area contributed by atoms with Crippen molar-refractivity contribution in [2.24, 2.45) is 11.6 Å². The minimum absolute atomic E-state index is 0.0452. The van der Waals surface area contributed by atoms with Gasteiger partial charge in [0.2, 0.25) is 11.8 Å². The third-order valence-corrected chi connectivity index (χ3v) is 5.94.